The minimum Gasteiger partial charge on any atom is -0.488 e. The van der Waals surface area contributed by atoms with Gasteiger partial charge in [-0.2, -0.15) is 0 Å². The number of aryl methyl sites for hydroxylation is 1. The molecule has 2 heteroatoms. The van der Waals surface area contributed by atoms with Crippen LogP contribution in [0.3, 0.4) is 0 Å². The Bertz CT molecular complexity index is 762. The van der Waals surface area contributed by atoms with E-state index < -0.39 is 0 Å². The van der Waals surface area contributed by atoms with Gasteiger partial charge in [0.2, 0.25) is 0 Å². The quantitative estimate of drug-likeness (QED) is 0.699. The normalized spacial score (nSPS) is 16.9. The van der Waals surface area contributed by atoms with Crippen LogP contribution in [0.4, 0.5) is 0 Å². The third kappa shape index (κ3) is 2.11. The van der Waals surface area contributed by atoms with Crippen molar-refractivity contribution in [1.29, 1.82) is 0 Å². The van der Waals surface area contributed by atoms with Crippen LogP contribution in [0.15, 0.2) is 54.7 Å². The van der Waals surface area contributed by atoms with E-state index >= 15 is 0 Å². The second-order valence-electron chi connectivity index (χ2n) is 5.73. The largest absolute Gasteiger partial charge is 0.488 e. The van der Waals surface area contributed by atoms with Crippen LogP contribution in [0.5, 0.6) is 5.75 Å². The van der Waals surface area contributed by atoms with Crippen molar-refractivity contribution < 1.29 is 4.74 Å². The van der Waals surface area contributed by atoms with E-state index in [-0.39, 0.29) is 6.10 Å². The first kappa shape index (κ1) is 12.5. The molecule has 1 aliphatic rings. The van der Waals surface area contributed by atoms with Gasteiger partial charge in [-0.1, -0.05) is 43.3 Å². The summed E-state index contributed by atoms with van der Waals surface area (Å²) in [4.78, 5) is 0. The molecule has 0 saturated heterocycles. The van der Waals surface area contributed by atoms with Crippen molar-refractivity contribution in [2.45, 2.75) is 32.4 Å². The van der Waals surface area contributed by atoms with Gasteiger partial charge in [-0.05, 0) is 35.1 Å². The number of hydrogen-bond acceptors (Lipinski definition) is 1. The van der Waals surface area contributed by atoms with Crippen LogP contribution in [-0.2, 0) is 19.4 Å². The van der Waals surface area contributed by atoms with Crippen molar-refractivity contribution in [3.8, 4) is 5.75 Å². The topological polar surface area (TPSA) is 14.2 Å². The van der Waals surface area contributed by atoms with Gasteiger partial charge in [0.1, 0.15) is 11.9 Å². The summed E-state index contributed by atoms with van der Waals surface area (Å²) in [6.45, 7) is 3.13. The number of rotatable bonds is 3. The molecule has 0 fully saturated rings. The summed E-state index contributed by atoms with van der Waals surface area (Å²) in [5.74, 6) is 1.05. The fraction of sp³-hybridized carbons (Fsp3) is 0.263. The van der Waals surface area contributed by atoms with Crippen LogP contribution in [0.2, 0.25) is 0 Å². The van der Waals surface area contributed by atoms with E-state index in [1.54, 1.807) is 0 Å². The molecule has 1 aromatic heterocycles. The monoisotopic (exact) mass is 277 g/mol. The first-order valence-electron chi connectivity index (χ1n) is 7.66. The van der Waals surface area contributed by atoms with E-state index in [1.807, 2.05) is 6.07 Å². The van der Waals surface area contributed by atoms with E-state index in [0.717, 1.165) is 25.1 Å². The van der Waals surface area contributed by atoms with Crippen LogP contribution >= 0.6 is 0 Å². The zero-order valence-electron chi connectivity index (χ0n) is 12.3. The Morgan fingerprint density at radius 3 is 2.86 bits per heavy atom. The number of aromatic nitrogens is 1. The van der Waals surface area contributed by atoms with Gasteiger partial charge in [0.05, 0.1) is 12.1 Å². The lowest BCUT2D eigenvalue weighted by Gasteiger charge is -2.14. The first-order valence-corrected chi connectivity index (χ1v) is 7.66. The lowest BCUT2D eigenvalue weighted by molar-refractivity contribution is 0.211. The Morgan fingerprint density at radius 2 is 2.00 bits per heavy atom. The molecule has 21 heavy (non-hydrogen) atoms. The van der Waals surface area contributed by atoms with Crippen molar-refractivity contribution in [2.75, 3.05) is 0 Å². The van der Waals surface area contributed by atoms with Crippen molar-refractivity contribution >= 4 is 10.9 Å². The van der Waals surface area contributed by atoms with E-state index in [1.165, 1.54) is 22.0 Å². The minimum absolute atomic E-state index is 0.239. The van der Waals surface area contributed by atoms with Gasteiger partial charge in [0.25, 0.3) is 0 Å². The second-order valence-corrected chi connectivity index (χ2v) is 5.73. The molecule has 4 rings (SSSR count). The number of fused-ring (bicyclic) bond motifs is 2. The van der Waals surface area contributed by atoms with E-state index in [0.29, 0.717) is 0 Å². The number of hydrogen-bond donors (Lipinski definition) is 0. The molecule has 1 atom stereocenters. The van der Waals surface area contributed by atoms with Gasteiger partial charge in [-0.3, -0.25) is 0 Å². The predicted molar refractivity (Wildman–Crippen MR) is 85.9 cm³/mol. The summed E-state index contributed by atoms with van der Waals surface area (Å²) in [6.07, 6.45) is 4.50. The van der Waals surface area contributed by atoms with Gasteiger partial charge in [-0.25, -0.2) is 0 Å². The summed E-state index contributed by atoms with van der Waals surface area (Å²) in [6, 6.07) is 17.1. The molecule has 0 N–H and O–H groups in total. The average molecular weight is 277 g/mol. The van der Waals surface area contributed by atoms with Gasteiger partial charge in [0.15, 0.2) is 0 Å². The van der Waals surface area contributed by atoms with Crippen LogP contribution in [-0.4, -0.2) is 10.7 Å². The highest BCUT2D eigenvalue weighted by Crippen LogP contribution is 2.30. The fourth-order valence-corrected chi connectivity index (χ4v) is 3.35. The molecule has 1 aliphatic heterocycles. The predicted octanol–water partition coefficient (Wildman–Crippen LogP) is 4.21. The molecule has 0 amide bonds. The standard InChI is InChI=1S/C19H19NO/c1-2-14-7-5-8-15-10-11-20(19(14)15)13-17-12-16-6-3-4-9-18(16)21-17/h3-11,17H,2,12-13H2,1H3. The Hall–Kier alpha value is -2.22. The highest BCUT2D eigenvalue weighted by molar-refractivity contribution is 5.83. The minimum atomic E-state index is 0.239. The highest BCUT2D eigenvalue weighted by atomic mass is 16.5. The SMILES string of the molecule is CCc1cccc2ccn(CC3Cc4ccccc4O3)c12. The molecule has 3 aromatic rings. The molecule has 0 radical (unpaired) electrons. The van der Waals surface area contributed by atoms with Crippen LogP contribution in [0.25, 0.3) is 10.9 Å². The third-order valence-electron chi connectivity index (χ3n) is 4.37. The molecule has 2 nitrogen and oxygen atoms in total. The van der Waals surface area contributed by atoms with Crippen LogP contribution in [0.1, 0.15) is 18.1 Å². The molecule has 0 spiro atoms. The zero-order chi connectivity index (χ0) is 14.2. The number of benzene rings is 2. The number of nitrogens with zero attached hydrogens (tertiary/aromatic N) is 1. The highest BCUT2D eigenvalue weighted by Gasteiger charge is 2.23. The summed E-state index contributed by atoms with van der Waals surface area (Å²) in [7, 11) is 0. The van der Waals surface area contributed by atoms with Gasteiger partial charge in [-0.15, -0.1) is 0 Å². The molecule has 1 unspecified atom stereocenters. The van der Waals surface area contributed by atoms with Crippen molar-refractivity contribution in [3.63, 3.8) is 0 Å². The molecule has 106 valence electrons. The van der Waals surface area contributed by atoms with Gasteiger partial charge in [0, 0.05) is 12.6 Å². The molecule has 0 bridgehead atoms. The lowest BCUT2D eigenvalue weighted by atomic mass is 10.1. The van der Waals surface area contributed by atoms with E-state index in [4.69, 9.17) is 4.74 Å². The van der Waals surface area contributed by atoms with Crippen LogP contribution in [0, 0.1) is 0 Å². The van der Waals surface area contributed by atoms with E-state index in [2.05, 4.69) is 60.2 Å². The molecule has 0 aliphatic carbocycles. The Morgan fingerprint density at radius 1 is 1.10 bits per heavy atom. The Labute approximate surface area is 125 Å². The molecular weight excluding hydrogens is 258 g/mol. The number of para-hydroxylation sites is 2. The zero-order valence-corrected chi connectivity index (χ0v) is 12.3. The fourth-order valence-electron chi connectivity index (χ4n) is 3.35. The Balaban J connectivity index is 1.64. The third-order valence-corrected chi connectivity index (χ3v) is 4.37. The molecule has 0 saturated carbocycles. The summed E-state index contributed by atoms with van der Waals surface area (Å²) in [5, 5.41) is 1.32. The molecule has 2 aromatic carbocycles. The van der Waals surface area contributed by atoms with Crippen molar-refractivity contribution in [1.82, 2.24) is 4.57 Å². The first-order chi connectivity index (χ1) is 10.3. The molecular formula is C19H19NO. The summed E-state index contributed by atoms with van der Waals surface area (Å²) >= 11 is 0. The maximum absolute atomic E-state index is 6.08. The van der Waals surface area contributed by atoms with Crippen molar-refractivity contribution in [3.05, 3.63) is 65.9 Å². The second kappa shape index (κ2) is 4.96. The summed E-state index contributed by atoms with van der Waals surface area (Å²) < 4.78 is 8.43. The average Bonchev–Trinajstić information content (AvgIpc) is 3.11. The number of ether oxygens (including phenoxy) is 1. The van der Waals surface area contributed by atoms with E-state index in [9.17, 15) is 0 Å². The smallest absolute Gasteiger partial charge is 0.123 e. The summed E-state index contributed by atoms with van der Waals surface area (Å²) in [5.41, 5.74) is 4.10. The Kier molecular flexibility index (Phi) is 2.95. The molecule has 2 heterocycles. The maximum Gasteiger partial charge on any atom is 0.123 e. The maximum atomic E-state index is 6.08. The van der Waals surface area contributed by atoms with Crippen molar-refractivity contribution in [2.24, 2.45) is 0 Å². The van der Waals surface area contributed by atoms with Crippen LogP contribution < -0.4 is 4.74 Å². The lowest BCUT2D eigenvalue weighted by Crippen LogP contribution is -2.20. The van der Waals surface area contributed by atoms with Gasteiger partial charge < -0.3 is 9.30 Å². The van der Waals surface area contributed by atoms with Gasteiger partial charge >= 0.3 is 0 Å².